The number of rotatable bonds is 2. The van der Waals surface area contributed by atoms with Gasteiger partial charge in [0.25, 0.3) is 0 Å². The first-order valence-corrected chi connectivity index (χ1v) is 4.81. The van der Waals surface area contributed by atoms with Gasteiger partial charge in [-0.15, -0.1) is 11.6 Å². The molecule has 0 bridgehead atoms. The highest BCUT2D eigenvalue weighted by Gasteiger charge is 2.35. The van der Waals surface area contributed by atoms with E-state index in [0.29, 0.717) is 0 Å². The lowest BCUT2D eigenvalue weighted by atomic mass is 9.92. The Hall–Kier alpha value is -0.120. The number of carbonyl (C=O) groups excluding carboxylic acids is 1. The third-order valence-corrected chi connectivity index (χ3v) is 2.29. The number of Topliss-reactive ketones (excluding diaryl/α,β-unsaturated/α-hetero) is 1. The van der Waals surface area contributed by atoms with E-state index in [9.17, 15) is 9.90 Å². The fraction of sp³-hybridized carbons (Fsp3) is 0.375. The first kappa shape index (κ1) is 9.96. The quantitative estimate of drug-likeness (QED) is 0.760. The number of hydrogen-bond donors (Lipinski definition) is 1. The van der Waals surface area contributed by atoms with E-state index in [-0.39, 0.29) is 6.42 Å². The third-order valence-electron chi connectivity index (χ3n) is 1.67. The summed E-state index contributed by atoms with van der Waals surface area (Å²) in [4.78, 5) is 11.3. The smallest absolute Gasteiger partial charge is 0.197 e. The molecule has 0 aliphatic heterocycles. The standard InChI is InChI=1S/C8H8BrClO2/c9-7(10)6(11)8(12)4-2-1-3-5-8/h1-4,7,12H,5H2/t7-,8+/m1/s1. The summed E-state index contributed by atoms with van der Waals surface area (Å²) in [7, 11) is 0. The van der Waals surface area contributed by atoms with Crippen LogP contribution in [-0.2, 0) is 4.79 Å². The lowest BCUT2D eigenvalue weighted by Crippen LogP contribution is -2.40. The van der Waals surface area contributed by atoms with Gasteiger partial charge in [-0.2, -0.15) is 0 Å². The number of halogens is 2. The Morgan fingerprint density at radius 3 is 2.75 bits per heavy atom. The summed E-state index contributed by atoms with van der Waals surface area (Å²) in [5, 5.41) is 9.71. The molecule has 0 unspecified atom stereocenters. The van der Waals surface area contributed by atoms with Gasteiger partial charge in [0.2, 0.25) is 0 Å². The maximum absolute atomic E-state index is 11.3. The highest BCUT2D eigenvalue weighted by molar-refractivity contribution is 9.10. The maximum Gasteiger partial charge on any atom is 0.197 e. The van der Waals surface area contributed by atoms with E-state index in [1.165, 1.54) is 6.08 Å². The van der Waals surface area contributed by atoms with E-state index in [0.717, 1.165) is 0 Å². The van der Waals surface area contributed by atoms with E-state index >= 15 is 0 Å². The van der Waals surface area contributed by atoms with Gasteiger partial charge in [-0.3, -0.25) is 4.79 Å². The Labute approximate surface area is 84.0 Å². The second kappa shape index (κ2) is 3.73. The predicted molar refractivity (Wildman–Crippen MR) is 51.4 cm³/mol. The van der Waals surface area contributed by atoms with Crippen molar-refractivity contribution in [2.24, 2.45) is 0 Å². The van der Waals surface area contributed by atoms with Gasteiger partial charge in [0.15, 0.2) is 5.78 Å². The molecule has 0 aromatic carbocycles. The molecule has 0 fully saturated rings. The van der Waals surface area contributed by atoms with Crippen molar-refractivity contribution < 1.29 is 9.90 Å². The molecule has 1 rings (SSSR count). The van der Waals surface area contributed by atoms with Crippen LogP contribution in [0.15, 0.2) is 24.3 Å². The average molecular weight is 252 g/mol. The Morgan fingerprint density at radius 1 is 1.67 bits per heavy atom. The molecule has 0 saturated carbocycles. The molecule has 66 valence electrons. The van der Waals surface area contributed by atoms with Gasteiger partial charge in [0, 0.05) is 6.42 Å². The van der Waals surface area contributed by atoms with Crippen LogP contribution in [0, 0.1) is 0 Å². The topological polar surface area (TPSA) is 37.3 Å². The minimum Gasteiger partial charge on any atom is -0.377 e. The van der Waals surface area contributed by atoms with E-state index < -0.39 is 15.7 Å². The van der Waals surface area contributed by atoms with Crippen LogP contribution in [-0.4, -0.2) is 20.8 Å². The molecule has 0 heterocycles. The van der Waals surface area contributed by atoms with Crippen molar-refractivity contribution in [1.82, 2.24) is 0 Å². The van der Waals surface area contributed by atoms with Crippen LogP contribution < -0.4 is 0 Å². The van der Waals surface area contributed by atoms with Crippen molar-refractivity contribution in [2.75, 3.05) is 0 Å². The molecular formula is C8H8BrClO2. The lowest BCUT2D eigenvalue weighted by Gasteiger charge is -2.23. The fourth-order valence-corrected chi connectivity index (χ4v) is 1.57. The second-order valence-corrected chi connectivity index (χ2v) is 4.46. The molecule has 0 saturated heterocycles. The molecule has 4 heteroatoms. The summed E-state index contributed by atoms with van der Waals surface area (Å²) in [5.41, 5.74) is -1.43. The molecule has 2 nitrogen and oxygen atoms in total. The zero-order chi connectivity index (χ0) is 9.19. The molecule has 0 spiro atoms. The molecule has 0 radical (unpaired) electrons. The normalized spacial score (nSPS) is 30.2. The average Bonchev–Trinajstić information content (AvgIpc) is 2.04. The highest BCUT2D eigenvalue weighted by Crippen LogP contribution is 2.24. The molecule has 0 aromatic heterocycles. The van der Waals surface area contributed by atoms with E-state index in [1.807, 2.05) is 0 Å². The molecule has 1 aliphatic carbocycles. The lowest BCUT2D eigenvalue weighted by molar-refractivity contribution is -0.130. The fourth-order valence-electron chi connectivity index (χ4n) is 0.981. The number of aliphatic hydroxyl groups is 1. The summed E-state index contributed by atoms with van der Waals surface area (Å²) in [5.74, 6) is -0.426. The van der Waals surface area contributed by atoms with Crippen molar-refractivity contribution >= 4 is 33.3 Å². The molecule has 0 aromatic rings. The summed E-state index contributed by atoms with van der Waals surface area (Å²) >= 11 is 8.41. The monoisotopic (exact) mass is 250 g/mol. The predicted octanol–water partition coefficient (Wildman–Crippen LogP) is 1.76. The molecule has 2 atom stereocenters. The number of ketones is 1. The van der Waals surface area contributed by atoms with Gasteiger partial charge in [-0.05, 0) is 6.08 Å². The van der Waals surface area contributed by atoms with Gasteiger partial charge in [-0.1, -0.05) is 34.2 Å². The van der Waals surface area contributed by atoms with Crippen molar-refractivity contribution in [3.05, 3.63) is 24.3 Å². The van der Waals surface area contributed by atoms with Gasteiger partial charge < -0.3 is 5.11 Å². The zero-order valence-electron chi connectivity index (χ0n) is 6.21. The third kappa shape index (κ3) is 1.97. The van der Waals surface area contributed by atoms with E-state index in [2.05, 4.69) is 15.9 Å². The van der Waals surface area contributed by atoms with Crippen molar-refractivity contribution in [2.45, 2.75) is 16.3 Å². The molecule has 0 amide bonds. The number of carbonyl (C=O) groups is 1. The first-order valence-electron chi connectivity index (χ1n) is 3.45. The zero-order valence-corrected chi connectivity index (χ0v) is 8.55. The summed E-state index contributed by atoms with van der Waals surface area (Å²) in [6, 6.07) is 0. The molecule has 12 heavy (non-hydrogen) atoms. The van der Waals surface area contributed by atoms with Crippen LogP contribution >= 0.6 is 27.5 Å². The van der Waals surface area contributed by atoms with Crippen LogP contribution in [0.4, 0.5) is 0 Å². The molecular weight excluding hydrogens is 243 g/mol. The highest BCUT2D eigenvalue weighted by atomic mass is 79.9. The van der Waals surface area contributed by atoms with Crippen molar-refractivity contribution in [3.8, 4) is 0 Å². The Morgan fingerprint density at radius 2 is 2.33 bits per heavy atom. The number of hydrogen-bond acceptors (Lipinski definition) is 2. The molecule has 1 N–H and O–H groups in total. The van der Waals surface area contributed by atoms with Gasteiger partial charge in [0.1, 0.15) is 9.89 Å². The summed E-state index contributed by atoms with van der Waals surface area (Å²) in [6.07, 6.45) is 6.88. The van der Waals surface area contributed by atoms with Crippen LogP contribution in [0.5, 0.6) is 0 Å². The second-order valence-electron chi connectivity index (χ2n) is 2.58. The van der Waals surface area contributed by atoms with Crippen LogP contribution in [0.2, 0.25) is 0 Å². The van der Waals surface area contributed by atoms with Crippen LogP contribution in [0.3, 0.4) is 0 Å². The first-order chi connectivity index (χ1) is 5.56. The SMILES string of the molecule is O=C([C@@H](Cl)Br)[C@]1(O)C=CC=CC1. The number of allylic oxidation sites excluding steroid dienone is 2. The minimum atomic E-state index is -1.43. The van der Waals surface area contributed by atoms with Crippen molar-refractivity contribution in [3.63, 3.8) is 0 Å². The van der Waals surface area contributed by atoms with Gasteiger partial charge in [0.05, 0.1) is 0 Å². The van der Waals surface area contributed by atoms with Gasteiger partial charge >= 0.3 is 0 Å². The Kier molecular flexibility index (Phi) is 3.09. The van der Waals surface area contributed by atoms with Gasteiger partial charge in [-0.25, -0.2) is 0 Å². The van der Waals surface area contributed by atoms with Crippen LogP contribution in [0.25, 0.3) is 0 Å². The minimum absolute atomic E-state index is 0.289. The largest absolute Gasteiger partial charge is 0.377 e. The van der Waals surface area contributed by atoms with E-state index in [4.69, 9.17) is 11.6 Å². The summed E-state index contributed by atoms with van der Waals surface area (Å²) in [6.45, 7) is 0. The van der Waals surface area contributed by atoms with Crippen molar-refractivity contribution in [1.29, 1.82) is 0 Å². The van der Waals surface area contributed by atoms with Crippen LogP contribution in [0.1, 0.15) is 6.42 Å². The van der Waals surface area contributed by atoms with E-state index in [1.54, 1.807) is 18.2 Å². The Balaban J connectivity index is 2.79. The summed E-state index contributed by atoms with van der Waals surface area (Å²) < 4.78 is -0.835. The molecule has 1 aliphatic rings. The maximum atomic E-state index is 11.3. The number of alkyl halides is 2. The Bertz CT molecular complexity index is 247.